The molecule has 192 valence electrons. The highest BCUT2D eigenvalue weighted by Crippen LogP contribution is 2.36. The molecule has 0 saturated carbocycles. The number of amides is 1. The van der Waals surface area contributed by atoms with Gasteiger partial charge in [-0.25, -0.2) is 14.4 Å². The molecule has 2 N–H and O–H groups in total. The Balaban J connectivity index is 1.47. The maximum Gasteiger partial charge on any atom is 0.258 e. The van der Waals surface area contributed by atoms with Crippen molar-refractivity contribution in [1.82, 2.24) is 29.5 Å². The summed E-state index contributed by atoms with van der Waals surface area (Å²) in [6.45, 7) is 3.46. The minimum atomic E-state index is -0.726. The topological polar surface area (TPSA) is 102 Å². The van der Waals surface area contributed by atoms with Crippen LogP contribution in [0.5, 0.6) is 5.88 Å². The second-order valence-electron chi connectivity index (χ2n) is 9.02. The van der Waals surface area contributed by atoms with Crippen LogP contribution in [0, 0.1) is 5.82 Å². The molecule has 3 aromatic rings. The van der Waals surface area contributed by atoms with Gasteiger partial charge in [-0.2, -0.15) is 5.10 Å². The molecule has 1 aliphatic heterocycles. The molecule has 36 heavy (non-hydrogen) atoms. The number of nitrogens with two attached hydrogens (primary N) is 1. The summed E-state index contributed by atoms with van der Waals surface area (Å²) in [6, 6.07) is 2.79. The number of nitrogens with zero attached hydrogens (tertiary/aromatic N) is 6. The van der Waals surface area contributed by atoms with Gasteiger partial charge in [0.2, 0.25) is 5.91 Å². The van der Waals surface area contributed by atoms with Gasteiger partial charge in [-0.05, 0) is 46.0 Å². The Morgan fingerprint density at radius 3 is 2.69 bits per heavy atom. The van der Waals surface area contributed by atoms with Crippen LogP contribution in [0.1, 0.15) is 37.5 Å². The zero-order chi connectivity index (χ0) is 26.0. The molecule has 2 aromatic heterocycles. The van der Waals surface area contributed by atoms with E-state index in [1.54, 1.807) is 19.3 Å². The molecule has 1 saturated heterocycles. The minimum absolute atomic E-state index is 0.0800. The van der Waals surface area contributed by atoms with Crippen LogP contribution in [0.4, 0.5) is 10.2 Å². The fraction of sp³-hybridized carbons (Fsp3) is 0.417. The fourth-order valence-electron chi connectivity index (χ4n) is 4.17. The van der Waals surface area contributed by atoms with E-state index in [-0.39, 0.29) is 33.7 Å². The lowest BCUT2D eigenvalue weighted by atomic mass is 10.1. The third-order valence-corrected chi connectivity index (χ3v) is 6.80. The van der Waals surface area contributed by atoms with Crippen LogP contribution in [0.15, 0.2) is 30.7 Å². The molecule has 1 aliphatic rings. The molecule has 1 fully saturated rings. The van der Waals surface area contributed by atoms with Gasteiger partial charge in [-0.15, -0.1) is 0 Å². The summed E-state index contributed by atoms with van der Waals surface area (Å²) in [5.74, 6) is -0.299. The fourth-order valence-corrected chi connectivity index (χ4v) is 4.85. The zero-order valence-corrected chi connectivity index (χ0v) is 21.8. The van der Waals surface area contributed by atoms with Gasteiger partial charge in [0.1, 0.15) is 11.9 Å². The van der Waals surface area contributed by atoms with Gasteiger partial charge in [0.25, 0.3) is 5.88 Å². The van der Waals surface area contributed by atoms with Crippen molar-refractivity contribution >= 4 is 34.9 Å². The summed E-state index contributed by atoms with van der Waals surface area (Å²) in [5, 5.41) is 4.67. The van der Waals surface area contributed by atoms with Crippen molar-refractivity contribution < 1.29 is 13.9 Å². The number of halogens is 3. The van der Waals surface area contributed by atoms with Crippen LogP contribution in [0.25, 0.3) is 11.3 Å². The van der Waals surface area contributed by atoms with Crippen LogP contribution >= 0.6 is 23.2 Å². The van der Waals surface area contributed by atoms with Crippen LogP contribution < -0.4 is 10.5 Å². The molecule has 0 unspecified atom stereocenters. The first-order valence-electron chi connectivity index (χ1n) is 11.5. The van der Waals surface area contributed by atoms with Crippen molar-refractivity contribution in [3.63, 3.8) is 0 Å². The average Bonchev–Trinajstić information content (AvgIpc) is 3.33. The van der Waals surface area contributed by atoms with Gasteiger partial charge in [0.15, 0.2) is 5.82 Å². The standard InChI is InChI=1S/C24H28Cl2FN7O2/c1-14(21-17(25)4-5-18(27)22(21)26)36-24-23(28)29-11-19(31-24)15-10-30-34(12-15)16-6-8-33(9-7-16)20(35)13-32(2)3/h4-5,10-12,14,16H,6-9,13H2,1-3H3,(H2,28,29)/t14-/m1/s1. The summed E-state index contributed by atoms with van der Waals surface area (Å²) in [6.07, 6.45) is 6.05. The number of carbonyl (C=O) groups excluding carboxylic acids is 1. The van der Waals surface area contributed by atoms with Crippen molar-refractivity contribution in [1.29, 1.82) is 0 Å². The van der Waals surface area contributed by atoms with E-state index < -0.39 is 11.9 Å². The highest BCUT2D eigenvalue weighted by Gasteiger charge is 2.25. The molecule has 9 nitrogen and oxygen atoms in total. The number of hydrogen-bond donors (Lipinski definition) is 1. The van der Waals surface area contributed by atoms with E-state index in [1.807, 2.05) is 34.8 Å². The number of carbonyl (C=O) groups is 1. The molecule has 1 atom stereocenters. The SMILES string of the molecule is C[C@@H](Oc1nc(-c2cnn(C3CCN(C(=O)CN(C)C)CC3)c2)cnc1N)c1c(Cl)ccc(F)c1Cl. The Labute approximate surface area is 219 Å². The van der Waals surface area contributed by atoms with Gasteiger partial charge < -0.3 is 20.3 Å². The van der Waals surface area contributed by atoms with Crippen molar-refractivity contribution in [2.75, 3.05) is 39.5 Å². The number of ether oxygens (including phenoxy) is 1. The largest absolute Gasteiger partial charge is 0.467 e. The van der Waals surface area contributed by atoms with Gasteiger partial charge >= 0.3 is 0 Å². The Kier molecular flexibility index (Phi) is 7.97. The van der Waals surface area contributed by atoms with Crippen molar-refractivity contribution in [2.24, 2.45) is 0 Å². The Morgan fingerprint density at radius 2 is 2.00 bits per heavy atom. The summed E-state index contributed by atoms with van der Waals surface area (Å²) < 4.78 is 21.8. The number of nitrogen functional groups attached to an aromatic ring is 1. The third kappa shape index (κ3) is 5.71. The van der Waals surface area contributed by atoms with Gasteiger partial charge in [-0.3, -0.25) is 9.48 Å². The first-order chi connectivity index (χ1) is 17.1. The second kappa shape index (κ2) is 11.0. The molecule has 0 aliphatic carbocycles. The highest BCUT2D eigenvalue weighted by molar-refractivity contribution is 6.36. The zero-order valence-electron chi connectivity index (χ0n) is 20.3. The van der Waals surface area contributed by atoms with E-state index in [1.165, 1.54) is 12.1 Å². The Morgan fingerprint density at radius 1 is 1.28 bits per heavy atom. The lowest BCUT2D eigenvalue weighted by molar-refractivity contribution is -0.133. The summed E-state index contributed by atoms with van der Waals surface area (Å²) in [4.78, 5) is 24.8. The predicted molar refractivity (Wildman–Crippen MR) is 137 cm³/mol. The van der Waals surface area contributed by atoms with E-state index in [0.717, 1.165) is 18.4 Å². The molecule has 0 bridgehead atoms. The molecule has 12 heteroatoms. The number of benzene rings is 1. The molecular formula is C24H28Cl2FN7O2. The Hall–Kier alpha value is -2.95. The van der Waals surface area contributed by atoms with E-state index in [4.69, 9.17) is 33.7 Å². The lowest BCUT2D eigenvalue weighted by Crippen LogP contribution is -2.43. The molecular weight excluding hydrogens is 508 g/mol. The molecule has 3 heterocycles. The predicted octanol–water partition coefficient (Wildman–Crippen LogP) is 4.23. The summed E-state index contributed by atoms with van der Waals surface area (Å²) in [7, 11) is 3.78. The number of likely N-dealkylation sites (tertiary alicyclic amines) is 1. The van der Waals surface area contributed by atoms with Crippen LogP contribution in [0.2, 0.25) is 10.0 Å². The second-order valence-corrected chi connectivity index (χ2v) is 9.81. The van der Waals surface area contributed by atoms with Gasteiger partial charge in [0.05, 0.1) is 35.7 Å². The van der Waals surface area contributed by atoms with Crippen molar-refractivity contribution in [2.45, 2.75) is 31.9 Å². The number of rotatable bonds is 7. The molecule has 4 rings (SSSR count). The van der Waals surface area contributed by atoms with E-state index in [0.29, 0.717) is 30.9 Å². The number of piperidine rings is 1. The number of aromatic nitrogens is 4. The molecule has 0 radical (unpaired) electrons. The third-order valence-electron chi connectivity index (χ3n) is 6.08. The molecule has 1 aromatic carbocycles. The molecule has 0 spiro atoms. The number of likely N-dealkylation sites (N-methyl/N-ethyl adjacent to an activating group) is 1. The minimum Gasteiger partial charge on any atom is -0.467 e. The first kappa shape index (κ1) is 26.1. The van der Waals surface area contributed by atoms with Gasteiger partial charge in [0, 0.05) is 35.4 Å². The van der Waals surface area contributed by atoms with Crippen LogP contribution in [-0.2, 0) is 4.79 Å². The van der Waals surface area contributed by atoms with E-state index >= 15 is 0 Å². The number of hydrogen-bond acceptors (Lipinski definition) is 7. The normalized spacial score (nSPS) is 15.4. The van der Waals surface area contributed by atoms with Crippen molar-refractivity contribution in [3.8, 4) is 17.1 Å². The van der Waals surface area contributed by atoms with Crippen molar-refractivity contribution in [3.05, 3.63) is 52.1 Å². The highest BCUT2D eigenvalue weighted by atomic mass is 35.5. The smallest absolute Gasteiger partial charge is 0.258 e. The van der Waals surface area contributed by atoms with Crippen LogP contribution in [0.3, 0.4) is 0 Å². The van der Waals surface area contributed by atoms with E-state index in [9.17, 15) is 9.18 Å². The van der Waals surface area contributed by atoms with E-state index in [2.05, 4.69) is 15.1 Å². The quantitative estimate of drug-likeness (QED) is 0.451. The Bertz CT molecular complexity index is 1250. The van der Waals surface area contributed by atoms with Gasteiger partial charge in [-0.1, -0.05) is 23.2 Å². The lowest BCUT2D eigenvalue weighted by Gasteiger charge is -2.32. The summed E-state index contributed by atoms with van der Waals surface area (Å²) >= 11 is 12.3. The maximum atomic E-state index is 14.0. The maximum absolute atomic E-state index is 14.0. The monoisotopic (exact) mass is 535 g/mol. The van der Waals surface area contributed by atoms with Crippen LogP contribution in [-0.4, -0.2) is 69.2 Å². The first-order valence-corrected chi connectivity index (χ1v) is 12.3. The summed E-state index contributed by atoms with van der Waals surface area (Å²) in [5.41, 5.74) is 7.56. The number of anilines is 1. The average molecular weight is 536 g/mol. The molecule has 1 amide bonds.